The molecule has 1 aromatic heterocycles. The van der Waals surface area contributed by atoms with E-state index in [9.17, 15) is 13.2 Å². The van der Waals surface area contributed by atoms with Gasteiger partial charge in [-0.25, -0.2) is 8.42 Å². The number of anilines is 1. The van der Waals surface area contributed by atoms with Gasteiger partial charge in [0, 0.05) is 38.8 Å². The summed E-state index contributed by atoms with van der Waals surface area (Å²) in [5.41, 5.74) is 0.556. The minimum absolute atomic E-state index is 0.179. The summed E-state index contributed by atoms with van der Waals surface area (Å²) in [6.45, 7) is 7.17. The molecule has 158 valence electrons. The molecule has 2 aromatic rings. The molecule has 0 bridgehead atoms. The number of thioether (sulfide) groups is 1. The summed E-state index contributed by atoms with van der Waals surface area (Å²) in [4.78, 5) is 18.6. The zero-order valence-electron chi connectivity index (χ0n) is 16.5. The number of carbonyl (C=O) groups excluding carboxylic acids is 1. The Morgan fingerprint density at radius 2 is 1.90 bits per heavy atom. The van der Waals surface area contributed by atoms with Gasteiger partial charge in [-0.1, -0.05) is 12.1 Å². The number of benzene rings is 1. The van der Waals surface area contributed by atoms with Gasteiger partial charge in [0.15, 0.2) is 5.82 Å². The predicted octanol–water partition coefficient (Wildman–Crippen LogP) is 1.58. The normalized spacial score (nSPS) is 16.1. The lowest BCUT2D eigenvalue weighted by atomic mass is 10.3. The fourth-order valence-corrected chi connectivity index (χ4v) is 5.06. The Morgan fingerprint density at radius 3 is 2.48 bits per heavy atom. The Labute approximate surface area is 174 Å². The van der Waals surface area contributed by atoms with Gasteiger partial charge >= 0.3 is 0 Å². The molecule has 2 heterocycles. The SMILES string of the molecule is CCN1CCN(S(=O)(=O)c2ccc(NC(=O)CSCc3noc(C)n3)cc2)CC1. The lowest BCUT2D eigenvalue weighted by Crippen LogP contribution is -2.48. The molecule has 29 heavy (non-hydrogen) atoms. The second-order valence-corrected chi connectivity index (χ2v) is 9.56. The molecule has 0 saturated carbocycles. The first-order chi connectivity index (χ1) is 13.9. The molecule has 1 fully saturated rings. The van der Waals surface area contributed by atoms with Gasteiger partial charge in [0.05, 0.1) is 16.4 Å². The third kappa shape index (κ3) is 5.78. The average Bonchev–Trinajstić information content (AvgIpc) is 3.13. The minimum Gasteiger partial charge on any atom is -0.340 e. The third-order valence-electron chi connectivity index (χ3n) is 4.59. The van der Waals surface area contributed by atoms with Crippen LogP contribution in [0.5, 0.6) is 0 Å². The van der Waals surface area contributed by atoms with Gasteiger partial charge in [0.1, 0.15) is 0 Å². The number of sulfonamides is 1. The highest BCUT2D eigenvalue weighted by Crippen LogP contribution is 2.20. The Morgan fingerprint density at radius 1 is 1.21 bits per heavy atom. The van der Waals surface area contributed by atoms with Crippen LogP contribution in [0.25, 0.3) is 0 Å². The summed E-state index contributed by atoms with van der Waals surface area (Å²) in [5.74, 6) is 1.58. The van der Waals surface area contributed by atoms with Crippen molar-refractivity contribution < 1.29 is 17.7 Å². The summed E-state index contributed by atoms with van der Waals surface area (Å²) in [5, 5.41) is 6.54. The summed E-state index contributed by atoms with van der Waals surface area (Å²) in [6, 6.07) is 6.29. The van der Waals surface area contributed by atoms with Crippen molar-refractivity contribution in [1.29, 1.82) is 0 Å². The van der Waals surface area contributed by atoms with Gasteiger partial charge in [-0.2, -0.15) is 9.29 Å². The van der Waals surface area contributed by atoms with Crippen molar-refractivity contribution in [2.45, 2.75) is 24.5 Å². The van der Waals surface area contributed by atoms with Gasteiger partial charge in [-0.05, 0) is 30.8 Å². The monoisotopic (exact) mass is 439 g/mol. The van der Waals surface area contributed by atoms with E-state index >= 15 is 0 Å². The molecule has 3 rings (SSSR count). The van der Waals surface area contributed by atoms with Gasteiger partial charge in [0.2, 0.25) is 21.8 Å². The Hall–Kier alpha value is -1.95. The van der Waals surface area contributed by atoms with Crippen LogP contribution in [0.4, 0.5) is 5.69 Å². The van der Waals surface area contributed by atoms with Crippen LogP contribution in [-0.2, 0) is 20.6 Å². The number of likely N-dealkylation sites (N-methyl/N-ethyl adjacent to an activating group) is 1. The standard InChI is InChI=1S/C18H25N5O4S2/c1-3-22-8-10-23(11-9-22)29(25,26)16-6-4-15(5-7-16)20-18(24)13-28-12-17-19-14(2)27-21-17/h4-7H,3,8-13H2,1-2H3,(H,20,24). The maximum absolute atomic E-state index is 12.8. The second kappa shape index (κ2) is 9.70. The Bertz CT molecular complexity index is 922. The van der Waals surface area contributed by atoms with E-state index in [4.69, 9.17) is 4.52 Å². The highest BCUT2D eigenvalue weighted by Gasteiger charge is 2.27. The molecule has 11 heteroatoms. The van der Waals surface area contributed by atoms with E-state index in [-0.39, 0.29) is 16.6 Å². The number of aryl methyl sites for hydroxylation is 1. The molecular formula is C18H25N5O4S2. The third-order valence-corrected chi connectivity index (χ3v) is 7.43. The van der Waals surface area contributed by atoms with Crippen LogP contribution >= 0.6 is 11.8 Å². The van der Waals surface area contributed by atoms with E-state index in [0.29, 0.717) is 36.2 Å². The van der Waals surface area contributed by atoms with Crippen LogP contribution in [-0.4, -0.2) is 72.1 Å². The first kappa shape index (κ1) is 21.8. The predicted molar refractivity (Wildman–Crippen MR) is 111 cm³/mol. The van der Waals surface area contributed by atoms with Crippen molar-refractivity contribution in [3.63, 3.8) is 0 Å². The molecule has 0 atom stereocenters. The maximum Gasteiger partial charge on any atom is 0.243 e. The van der Waals surface area contributed by atoms with Crippen LogP contribution in [0.1, 0.15) is 18.6 Å². The fraction of sp³-hybridized carbons (Fsp3) is 0.500. The molecule has 1 aliphatic heterocycles. The zero-order chi connectivity index (χ0) is 20.9. The highest BCUT2D eigenvalue weighted by atomic mass is 32.2. The molecule has 1 aromatic carbocycles. The molecule has 0 radical (unpaired) electrons. The van der Waals surface area contributed by atoms with Crippen molar-refractivity contribution in [2.75, 3.05) is 43.8 Å². The number of carbonyl (C=O) groups is 1. The Balaban J connectivity index is 1.50. The van der Waals surface area contributed by atoms with E-state index in [1.165, 1.54) is 28.2 Å². The number of rotatable bonds is 8. The first-order valence-electron chi connectivity index (χ1n) is 9.38. The fourth-order valence-electron chi connectivity index (χ4n) is 2.98. The molecule has 1 amide bonds. The number of amides is 1. The number of aromatic nitrogens is 2. The van der Waals surface area contributed by atoms with Crippen molar-refractivity contribution in [2.24, 2.45) is 0 Å². The number of nitrogens with one attached hydrogen (secondary N) is 1. The molecule has 1 N–H and O–H groups in total. The van der Waals surface area contributed by atoms with Crippen molar-refractivity contribution >= 4 is 33.4 Å². The molecule has 0 unspecified atom stereocenters. The van der Waals surface area contributed by atoms with Crippen molar-refractivity contribution in [3.8, 4) is 0 Å². The molecule has 1 saturated heterocycles. The van der Waals surface area contributed by atoms with Crippen LogP contribution in [0.15, 0.2) is 33.7 Å². The van der Waals surface area contributed by atoms with E-state index in [1.54, 1.807) is 19.1 Å². The van der Waals surface area contributed by atoms with E-state index in [0.717, 1.165) is 19.6 Å². The maximum atomic E-state index is 12.8. The smallest absolute Gasteiger partial charge is 0.243 e. The van der Waals surface area contributed by atoms with Crippen LogP contribution in [0, 0.1) is 6.92 Å². The zero-order valence-corrected chi connectivity index (χ0v) is 18.1. The van der Waals surface area contributed by atoms with Gasteiger partial charge in [-0.15, -0.1) is 11.8 Å². The minimum atomic E-state index is -3.51. The van der Waals surface area contributed by atoms with E-state index < -0.39 is 10.0 Å². The van der Waals surface area contributed by atoms with Crippen molar-refractivity contribution in [3.05, 3.63) is 36.0 Å². The molecule has 0 spiro atoms. The summed E-state index contributed by atoms with van der Waals surface area (Å²) in [6.07, 6.45) is 0. The van der Waals surface area contributed by atoms with E-state index in [1.807, 2.05) is 0 Å². The van der Waals surface area contributed by atoms with Gasteiger partial charge in [-0.3, -0.25) is 4.79 Å². The van der Waals surface area contributed by atoms with Gasteiger partial charge < -0.3 is 14.7 Å². The van der Waals surface area contributed by atoms with Crippen LogP contribution in [0.2, 0.25) is 0 Å². The lowest BCUT2D eigenvalue weighted by Gasteiger charge is -2.33. The molecule has 9 nitrogen and oxygen atoms in total. The summed E-state index contributed by atoms with van der Waals surface area (Å²) < 4.78 is 32.0. The van der Waals surface area contributed by atoms with Crippen LogP contribution < -0.4 is 5.32 Å². The largest absolute Gasteiger partial charge is 0.340 e. The number of nitrogens with zero attached hydrogens (tertiary/aromatic N) is 4. The molecule has 1 aliphatic rings. The van der Waals surface area contributed by atoms with Crippen molar-refractivity contribution in [1.82, 2.24) is 19.3 Å². The average molecular weight is 440 g/mol. The second-order valence-electron chi connectivity index (χ2n) is 6.63. The van der Waals surface area contributed by atoms with Crippen LogP contribution in [0.3, 0.4) is 0 Å². The lowest BCUT2D eigenvalue weighted by molar-refractivity contribution is -0.113. The van der Waals surface area contributed by atoms with E-state index in [2.05, 4.69) is 27.3 Å². The number of hydrogen-bond donors (Lipinski definition) is 1. The summed E-state index contributed by atoms with van der Waals surface area (Å²) in [7, 11) is -3.51. The Kier molecular flexibility index (Phi) is 7.28. The number of piperazine rings is 1. The topological polar surface area (TPSA) is 109 Å². The quantitative estimate of drug-likeness (QED) is 0.660. The summed E-state index contributed by atoms with van der Waals surface area (Å²) >= 11 is 1.37. The van der Waals surface area contributed by atoms with Gasteiger partial charge in [0.25, 0.3) is 0 Å². The highest BCUT2D eigenvalue weighted by molar-refractivity contribution is 7.99. The number of hydrogen-bond acceptors (Lipinski definition) is 8. The first-order valence-corrected chi connectivity index (χ1v) is 12.0. The molecular weight excluding hydrogens is 414 g/mol. The molecule has 0 aliphatic carbocycles.